The standard InChI is InChI=1S/C42H80N4/c1-3-5-7-9-11-13-17-21-25-29-33-43-37-39-45(41-43)35-31-27-23-19-15-16-20-24-28-32-36-46-40-38-44(42-46)34-30-26-22-18-14-12-10-8-6-4-2/h37-42H,3-36H2,1-2H3/q+2. The summed E-state index contributed by atoms with van der Waals surface area (Å²) in [6.07, 6.45) is 56.0. The van der Waals surface area contributed by atoms with Crippen LogP contribution >= 0.6 is 0 Å². The second-order valence-corrected chi connectivity index (χ2v) is 14.7. The SMILES string of the molecule is CCCCCCCCCCCCn1cc[n+](CCCCCCCCCCCC[n+]2ccn(CCCCCCCCCCCC)c2)c1. The van der Waals surface area contributed by atoms with Crippen molar-refractivity contribution in [1.82, 2.24) is 9.13 Å². The molecule has 0 spiro atoms. The van der Waals surface area contributed by atoms with E-state index in [-0.39, 0.29) is 0 Å². The van der Waals surface area contributed by atoms with Gasteiger partial charge < -0.3 is 0 Å². The summed E-state index contributed by atoms with van der Waals surface area (Å²) in [5.74, 6) is 0. The van der Waals surface area contributed by atoms with E-state index in [4.69, 9.17) is 0 Å². The lowest BCUT2D eigenvalue weighted by Crippen LogP contribution is -2.30. The van der Waals surface area contributed by atoms with Crippen molar-refractivity contribution in [2.75, 3.05) is 0 Å². The van der Waals surface area contributed by atoms with Gasteiger partial charge in [-0.05, 0) is 51.4 Å². The van der Waals surface area contributed by atoms with Gasteiger partial charge in [0.2, 0.25) is 12.7 Å². The normalized spacial score (nSPS) is 11.6. The maximum Gasteiger partial charge on any atom is 0.243 e. The summed E-state index contributed by atoms with van der Waals surface area (Å²) in [6, 6.07) is 0. The van der Waals surface area contributed by atoms with Gasteiger partial charge in [-0.3, -0.25) is 0 Å². The van der Waals surface area contributed by atoms with E-state index in [1.54, 1.807) is 0 Å². The lowest BCUT2D eigenvalue weighted by atomic mass is 10.1. The topological polar surface area (TPSA) is 17.6 Å². The van der Waals surface area contributed by atoms with Gasteiger partial charge in [0.05, 0.1) is 26.2 Å². The van der Waals surface area contributed by atoms with Crippen molar-refractivity contribution >= 4 is 0 Å². The molecule has 0 saturated carbocycles. The van der Waals surface area contributed by atoms with Crippen molar-refractivity contribution in [2.45, 2.75) is 233 Å². The van der Waals surface area contributed by atoms with E-state index in [0.29, 0.717) is 0 Å². The first-order valence-corrected chi connectivity index (χ1v) is 20.9. The molecule has 0 unspecified atom stereocenters. The van der Waals surface area contributed by atoms with Crippen LogP contribution in [0.4, 0.5) is 0 Å². The molecule has 0 saturated heterocycles. The highest BCUT2D eigenvalue weighted by atomic mass is 15.1. The van der Waals surface area contributed by atoms with Gasteiger partial charge in [-0.1, -0.05) is 155 Å². The first-order chi connectivity index (χ1) is 22.8. The largest absolute Gasteiger partial charge is 0.243 e. The zero-order valence-corrected chi connectivity index (χ0v) is 31.3. The minimum atomic E-state index is 1.19. The zero-order valence-electron chi connectivity index (χ0n) is 31.3. The van der Waals surface area contributed by atoms with Gasteiger partial charge in [-0.25, -0.2) is 18.3 Å². The second-order valence-electron chi connectivity index (χ2n) is 14.7. The Morgan fingerprint density at radius 2 is 0.587 bits per heavy atom. The highest BCUT2D eigenvalue weighted by Gasteiger charge is 2.05. The van der Waals surface area contributed by atoms with Crippen molar-refractivity contribution < 1.29 is 9.13 Å². The Morgan fingerprint density at radius 1 is 0.326 bits per heavy atom. The molecule has 0 fully saturated rings. The van der Waals surface area contributed by atoms with E-state index < -0.39 is 0 Å². The predicted octanol–water partition coefficient (Wildman–Crippen LogP) is 12.3. The van der Waals surface area contributed by atoms with Crippen LogP contribution in [-0.4, -0.2) is 9.13 Å². The first kappa shape index (κ1) is 40.6. The van der Waals surface area contributed by atoms with Gasteiger partial charge in [0.15, 0.2) is 0 Å². The summed E-state index contributed by atoms with van der Waals surface area (Å²) < 4.78 is 9.61. The molecule has 0 N–H and O–H groups in total. The monoisotopic (exact) mass is 641 g/mol. The van der Waals surface area contributed by atoms with E-state index in [9.17, 15) is 0 Å². The third-order valence-corrected chi connectivity index (χ3v) is 10.1. The van der Waals surface area contributed by atoms with Gasteiger partial charge in [-0.15, -0.1) is 0 Å². The number of rotatable bonds is 35. The number of hydrogen-bond donors (Lipinski definition) is 0. The minimum absolute atomic E-state index is 1.19. The number of aromatic nitrogens is 4. The fraction of sp³-hybridized carbons (Fsp3) is 0.857. The fourth-order valence-corrected chi connectivity index (χ4v) is 6.97. The summed E-state index contributed by atoms with van der Waals surface area (Å²) in [4.78, 5) is 0. The van der Waals surface area contributed by atoms with Crippen molar-refractivity contribution in [3.8, 4) is 0 Å². The Morgan fingerprint density at radius 3 is 0.891 bits per heavy atom. The molecule has 0 aromatic carbocycles. The van der Waals surface area contributed by atoms with Crippen LogP contribution in [0.2, 0.25) is 0 Å². The Kier molecular flexibility index (Phi) is 27.1. The molecule has 0 atom stereocenters. The van der Waals surface area contributed by atoms with Gasteiger partial charge in [0.25, 0.3) is 0 Å². The van der Waals surface area contributed by atoms with E-state index in [1.165, 1.54) is 219 Å². The molecule has 2 heterocycles. The molecule has 266 valence electrons. The quantitative estimate of drug-likeness (QED) is 0.0527. The smallest absolute Gasteiger partial charge is 0.237 e. The van der Waals surface area contributed by atoms with Gasteiger partial charge >= 0.3 is 0 Å². The minimum Gasteiger partial charge on any atom is -0.237 e. The summed E-state index contributed by atoms with van der Waals surface area (Å²) in [5, 5.41) is 0. The zero-order chi connectivity index (χ0) is 32.6. The Hall–Kier alpha value is -1.58. The highest BCUT2D eigenvalue weighted by molar-refractivity contribution is 4.67. The third-order valence-electron chi connectivity index (χ3n) is 10.1. The van der Waals surface area contributed by atoms with Crippen LogP contribution in [0.25, 0.3) is 0 Å². The second kappa shape index (κ2) is 30.7. The molecule has 0 radical (unpaired) electrons. The molecule has 4 nitrogen and oxygen atoms in total. The third kappa shape index (κ3) is 23.7. The van der Waals surface area contributed by atoms with Crippen LogP contribution in [0.15, 0.2) is 37.4 Å². The lowest BCUT2D eigenvalue weighted by Gasteiger charge is -2.02. The molecule has 2 aromatic rings. The first-order valence-electron chi connectivity index (χ1n) is 20.9. The average molecular weight is 641 g/mol. The molecule has 2 rings (SSSR count). The molecule has 0 aliphatic heterocycles. The van der Waals surface area contributed by atoms with Crippen molar-refractivity contribution in [1.29, 1.82) is 0 Å². The lowest BCUT2D eigenvalue weighted by molar-refractivity contribution is -0.697. The Bertz CT molecular complexity index is 812. The Labute approximate surface area is 287 Å². The molecule has 0 aliphatic carbocycles. The summed E-state index contributed by atoms with van der Waals surface area (Å²) in [7, 11) is 0. The van der Waals surface area contributed by atoms with Gasteiger partial charge in [0.1, 0.15) is 24.8 Å². The van der Waals surface area contributed by atoms with E-state index in [1.807, 2.05) is 0 Å². The van der Waals surface area contributed by atoms with E-state index in [0.717, 1.165) is 0 Å². The van der Waals surface area contributed by atoms with Crippen LogP contribution < -0.4 is 9.13 Å². The molecule has 2 aromatic heterocycles. The van der Waals surface area contributed by atoms with Crippen molar-refractivity contribution in [3.63, 3.8) is 0 Å². The number of aryl methyl sites for hydroxylation is 4. The molecule has 0 aliphatic rings. The maximum absolute atomic E-state index is 2.41. The average Bonchev–Trinajstić information content (AvgIpc) is 3.72. The molecular formula is C42H80N4+2. The number of nitrogens with zero attached hydrogens (tertiary/aromatic N) is 4. The summed E-state index contributed by atoms with van der Waals surface area (Å²) in [5.41, 5.74) is 0. The van der Waals surface area contributed by atoms with Crippen molar-refractivity contribution in [2.24, 2.45) is 0 Å². The number of unbranched alkanes of at least 4 members (excludes halogenated alkanes) is 27. The summed E-state index contributed by atoms with van der Waals surface area (Å²) in [6.45, 7) is 9.35. The van der Waals surface area contributed by atoms with Crippen LogP contribution in [0.1, 0.15) is 206 Å². The van der Waals surface area contributed by atoms with Crippen molar-refractivity contribution in [3.05, 3.63) is 37.4 Å². The molecule has 4 heteroatoms. The molecule has 0 bridgehead atoms. The number of hydrogen-bond acceptors (Lipinski definition) is 0. The highest BCUT2D eigenvalue weighted by Crippen LogP contribution is 2.13. The molecule has 0 amide bonds. The maximum atomic E-state index is 2.41. The van der Waals surface area contributed by atoms with Gasteiger partial charge in [-0.2, -0.15) is 0 Å². The van der Waals surface area contributed by atoms with Crippen LogP contribution in [0, 0.1) is 0 Å². The summed E-state index contributed by atoms with van der Waals surface area (Å²) >= 11 is 0. The van der Waals surface area contributed by atoms with Gasteiger partial charge in [0, 0.05) is 0 Å². The van der Waals surface area contributed by atoms with Crippen LogP contribution in [0.3, 0.4) is 0 Å². The Balaban J connectivity index is 1.30. The molecule has 46 heavy (non-hydrogen) atoms. The van der Waals surface area contributed by atoms with Crippen LogP contribution in [0.5, 0.6) is 0 Å². The number of imidazole rings is 2. The van der Waals surface area contributed by atoms with E-state index >= 15 is 0 Å². The van der Waals surface area contributed by atoms with Crippen LogP contribution in [-0.2, 0) is 26.2 Å². The predicted molar refractivity (Wildman–Crippen MR) is 199 cm³/mol. The fourth-order valence-electron chi connectivity index (χ4n) is 6.97. The van der Waals surface area contributed by atoms with E-state index in [2.05, 4.69) is 69.6 Å². The molecular weight excluding hydrogens is 560 g/mol.